The maximum atomic E-state index is 12.0. The third kappa shape index (κ3) is 3.45. The van der Waals surface area contributed by atoms with Gasteiger partial charge in [-0.3, -0.25) is 9.59 Å². The minimum Gasteiger partial charge on any atom is -0.496 e. The molecular formula is C12H11BrN2O3S. The minimum atomic E-state index is -0.253. The first kappa shape index (κ1) is 13.8. The molecule has 0 atom stereocenters. The minimum absolute atomic E-state index is 0.134. The smallest absolute Gasteiger partial charge is 0.304 e. The Balaban J connectivity index is 2.09. The summed E-state index contributed by atoms with van der Waals surface area (Å²) in [6.07, 6.45) is 0. The Morgan fingerprint density at radius 2 is 2.32 bits per heavy atom. The van der Waals surface area contributed by atoms with Crippen molar-refractivity contribution in [2.75, 3.05) is 7.11 Å². The van der Waals surface area contributed by atoms with Gasteiger partial charge in [0, 0.05) is 15.5 Å². The molecule has 19 heavy (non-hydrogen) atoms. The van der Waals surface area contributed by atoms with Gasteiger partial charge in [0.1, 0.15) is 5.75 Å². The molecule has 7 heteroatoms. The fourth-order valence-corrected chi connectivity index (χ4v) is 2.45. The van der Waals surface area contributed by atoms with Crippen molar-refractivity contribution in [1.82, 2.24) is 10.3 Å². The van der Waals surface area contributed by atoms with Crippen molar-refractivity contribution in [3.63, 3.8) is 0 Å². The van der Waals surface area contributed by atoms with Gasteiger partial charge in [0.15, 0.2) is 0 Å². The average molecular weight is 343 g/mol. The lowest BCUT2D eigenvalue weighted by Crippen LogP contribution is -2.23. The summed E-state index contributed by atoms with van der Waals surface area (Å²) in [4.78, 5) is 25.5. The van der Waals surface area contributed by atoms with Gasteiger partial charge in [-0.2, -0.15) is 0 Å². The van der Waals surface area contributed by atoms with Crippen molar-refractivity contribution < 1.29 is 9.53 Å². The van der Waals surface area contributed by atoms with Crippen molar-refractivity contribution in [1.29, 1.82) is 0 Å². The van der Waals surface area contributed by atoms with Gasteiger partial charge < -0.3 is 15.0 Å². The zero-order chi connectivity index (χ0) is 13.8. The molecule has 1 aromatic carbocycles. The van der Waals surface area contributed by atoms with Crippen molar-refractivity contribution in [2.45, 2.75) is 6.54 Å². The van der Waals surface area contributed by atoms with Crippen LogP contribution in [0.5, 0.6) is 5.75 Å². The Morgan fingerprint density at radius 1 is 1.53 bits per heavy atom. The topological polar surface area (TPSA) is 71.2 Å². The summed E-state index contributed by atoms with van der Waals surface area (Å²) in [5.74, 6) is 0.238. The third-order valence-corrected chi connectivity index (χ3v) is 3.63. The van der Waals surface area contributed by atoms with Gasteiger partial charge in [0.2, 0.25) is 0 Å². The van der Waals surface area contributed by atoms with E-state index in [9.17, 15) is 9.59 Å². The summed E-state index contributed by atoms with van der Waals surface area (Å²) >= 11 is 4.38. The number of carbonyl (C=O) groups is 1. The molecule has 1 heterocycles. The predicted molar refractivity (Wildman–Crippen MR) is 76.8 cm³/mol. The van der Waals surface area contributed by atoms with Crippen LogP contribution < -0.4 is 14.9 Å². The lowest BCUT2D eigenvalue weighted by atomic mass is 10.2. The average Bonchev–Trinajstić information content (AvgIpc) is 2.81. The predicted octanol–water partition coefficient (Wildman–Crippen LogP) is 2.14. The van der Waals surface area contributed by atoms with Gasteiger partial charge in [-0.25, -0.2) is 0 Å². The van der Waals surface area contributed by atoms with Gasteiger partial charge in [-0.05, 0) is 18.2 Å². The summed E-state index contributed by atoms with van der Waals surface area (Å²) in [6.45, 7) is 0.275. The summed E-state index contributed by atoms with van der Waals surface area (Å²) in [7, 11) is 1.51. The van der Waals surface area contributed by atoms with Crippen molar-refractivity contribution in [3.8, 4) is 5.75 Å². The van der Waals surface area contributed by atoms with Crippen molar-refractivity contribution in [2.24, 2.45) is 0 Å². The van der Waals surface area contributed by atoms with Crippen LogP contribution in [0.15, 0.2) is 32.8 Å². The number of nitrogens with one attached hydrogen (secondary N) is 2. The Morgan fingerprint density at radius 3 is 2.95 bits per heavy atom. The van der Waals surface area contributed by atoms with E-state index in [-0.39, 0.29) is 17.3 Å². The number of amides is 1. The first-order valence-corrected chi connectivity index (χ1v) is 7.06. The van der Waals surface area contributed by atoms with E-state index >= 15 is 0 Å². The van der Waals surface area contributed by atoms with E-state index in [0.717, 1.165) is 15.8 Å². The molecule has 1 amide bonds. The lowest BCUT2D eigenvalue weighted by Gasteiger charge is -2.09. The van der Waals surface area contributed by atoms with E-state index in [2.05, 4.69) is 26.2 Å². The number of thiazole rings is 1. The van der Waals surface area contributed by atoms with Gasteiger partial charge in [0.05, 0.1) is 19.2 Å². The highest BCUT2D eigenvalue weighted by molar-refractivity contribution is 9.10. The number of ether oxygens (including phenoxy) is 1. The Labute approximate surface area is 121 Å². The second-order valence-electron chi connectivity index (χ2n) is 3.70. The highest BCUT2D eigenvalue weighted by atomic mass is 79.9. The lowest BCUT2D eigenvalue weighted by molar-refractivity contribution is 0.0947. The standard InChI is InChI=1S/C12H11BrN2O3S/c1-18-10-4-7(13)2-3-9(10)11(16)14-5-8-6-19-12(17)15-8/h2-4,6H,5H2,1H3,(H,14,16)(H,15,17). The first-order valence-electron chi connectivity index (χ1n) is 5.38. The number of hydrogen-bond donors (Lipinski definition) is 2. The SMILES string of the molecule is COc1cc(Br)ccc1C(=O)NCc1csc(=O)[nH]1. The number of rotatable bonds is 4. The van der Waals surface area contributed by atoms with E-state index in [0.29, 0.717) is 17.0 Å². The second-order valence-corrected chi connectivity index (χ2v) is 5.46. The van der Waals surface area contributed by atoms with Crippen LogP contribution in [-0.4, -0.2) is 18.0 Å². The molecule has 0 aliphatic carbocycles. The molecule has 0 bridgehead atoms. The monoisotopic (exact) mass is 342 g/mol. The van der Waals surface area contributed by atoms with Crippen LogP contribution in [0.3, 0.4) is 0 Å². The number of methoxy groups -OCH3 is 1. The van der Waals surface area contributed by atoms with Crippen LogP contribution >= 0.6 is 27.3 Å². The molecule has 100 valence electrons. The normalized spacial score (nSPS) is 10.2. The Kier molecular flexibility index (Phi) is 4.39. The fourth-order valence-electron chi connectivity index (χ4n) is 1.52. The van der Waals surface area contributed by atoms with Crippen LogP contribution in [0.25, 0.3) is 0 Å². The van der Waals surface area contributed by atoms with Gasteiger partial charge in [0.25, 0.3) is 5.91 Å². The highest BCUT2D eigenvalue weighted by Gasteiger charge is 2.12. The van der Waals surface area contributed by atoms with Crippen LogP contribution in [0.4, 0.5) is 0 Å². The number of hydrogen-bond acceptors (Lipinski definition) is 4. The van der Waals surface area contributed by atoms with E-state index < -0.39 is 0 Å². The maximum absolute atomic E-state index is 12.0. The first-order chi connectivity index (χ1) is 9.10. The van der Waals surface area contributed by atoms with Crippen LogP contribution in [0, 0.1) is 0 Å². The largest absolute Gasteiger partial charge is 0.496 e. The zero-order valence-corrected chi connectivity index (χ0v) is 12.4. The zero-order valence-electron chi connectivity index (χ0n) is 10.0. The molecule has 2 N–H and O–H groups in total. The Bertz CT molecular complexity index is 650. The van der Waals surface area contributed by atoms with E-state index in [1.165, 1.54) is 7.11 Å². The third-order valence-electron chi connectivity index (χ3n) is 2.42. The molecule has 0 saturated heterocycles. The van der Waals surface area contributed by atoms with E-state index in [1.54, 1.807) is 23.6 Å². The maximum Gasteiger partial charge on any atom is 0.304 e. The quantitative estimate of drug-likeness (QED) is 0.894. The van der Waals surface area contributed by atoms with Crippen LogP contribution in [-0.2, 0) is 6.54 Å². The molecule has 0 radical (unpaired) electrons. The molecular weight excluding hydrogens is 332 g/mol. The van der Waals surface area contributed by atoms with E-state index in [1.807, 2.05) is 0 Å². The Hall–Kier alpha value is -1.60. The number of aromatic amines is 1. The van der Waals surface area contributed by atoms with Crippen LogP contribution in [0.1, 0.15) is 16.1 Å². The summed E-state index contributed by atoms with van der Waals surface area (Å²) in [5, 5.41) is 4.41. The molecule has 0 unspecified atom stereocenters. The highest BCUT2D eigenvalue weighted by Crippen LogP contribution is 2.23. The number of carbonyl (C=O) groups excluding carboxylic acids is 1. The van der Waals surface area contributed by atoms with Gasteiger partial charge in [-0.1, -0.05) is 27.3 Å². The molecule has 5 nitrogen and oxygen atoms in total. The number of benzene rings is 1. The molecule has 0 fully saturated rings. The summed E-state index contributed by atoms with van der Waals surface area (Å²) in [6, 6.07) is 5.17. The fraction of sp³-hybridized carbons (Fsp3) is 0.167. The summed E-state index contributed by atoms with van der Waals surface area (Å²) < 4.78 is 5.99. The molecule has 2 aromatic rings. The number of halogens is 1. The second kappa shape index (κ2) is 6.03. The van der Waals surface area contributed by atoms with Gasteiger partial charge in [-0.15, -0.1) is 0 Å². The number of aromatic nitrogens is 1. The molecule has 1 aromatic heterocycles. The van der Waals surface area contributed by atoms with Crippen molar-refractivity contribution in [3.05, 3.63) is 49.0 Å². The molecule has 0 aliphatic heterocycles. The number of H-pyrrole nitrogens is 1. The van der Waals surface area contributed by atoms with E-state index in [4.69, 9.17) is 4.74 Å². The summed E-state index contributed by atoms with van der Waals surface area (Å²) in [5.41, 5.74) is 1.13. The van der Waals surface area contributed by atoms with Gasteiger partial charge >= 0.3 is 4.87 Å². The van der Waals surface area contributed by atoms with Crippen molar-refractivity contribution >= 4 is 33.2 Å². The molecule has 2 rings (SSSR count). The van der Waals surface area contributed by atoms with Crippen LogP contribution in [0.2, 0.25) is 0 Å². The molecule has 0 saturated carbocycles. The molecule has 0 spiro atoms. The molecule has 0 aliphatic rings.